The summed E-state index contributed by atoms with van der Waals surface area (Å²) in [6, 6.07) is 107. The number of nitrogens with zero attached hydrogens (tertiary/aromatic N) is 3. The van der Waals surface area contributed by atoms with Gasteiger partial charge in [-0.1, -0.05) is 220 Å². The molecule has 0 N–H and O–H groups in total. The summed E-state index contributed by atoms with van der Waals surface area (Å²) in [5, 5.41) is 12.0. The Kier molecular flexibility index (Phi) is 37.1. The van der Waals surface area contributed by atoms with E-state index in [0.717, 1.165) is 63.7 Å². The van der Waals surface area contributed by atoms with Crippen LogP contribution in [0.1, 0.15) is 46.2 Å². The molecule has 1 saturated heterocycles. The van der Waals surface area contributed by atoms with Crippen molar-refractivity contribution in [1.29, 1.82) is 0 Å². The van der Waals surface area contributed by atoms with E-state index in [2.05, 4.69) is 257 Å². The van der Waals surface area contributed by atoms with Crippen LogP contribution in [0, 0.1) is 54.7 Å². The van der Waals surface area contributed by atoms with Gasteiger partial charge in [-0.25, -0.2) is 9.69 Å². The summed E-state index contributed by atoms with van der Waals surface area (Å²) in [5.41, 5.74) is 9.01. The van der Waals surface area contributed by atoms with E-state index in [-0.39, 0.29) is 33.0 Å². The number of benzene rings is 11. The van der Waals surface area contributed by atoms with E-state index < -0.39 is 47.3 Å². The molecule has 12 rings (SSSR count). The predicted molar refractivity (Wildman–Crippen MR) is 427 cm³/mol. The van der Waals surface area contributed by atoms with Crippen molar-refractivity contribution in [3.8, 4) is 0 Å². The summed E-state index contributed by atoms with van der Waals surface area (Å²) >= 11 is 0. The Morgan fingerprint density at radius 3 is 0.590 bits per heavy atom. The molecule has 0 saturated carbocycles. The van der Waals surface area contributed by atoms with Gasteiger partial charge in [0.25, 0.3) is 0 Å². The Bertz CT molecular complexity index is 3770. The summed E-state index contributed by atoms with van der Waals surface area (Å²) in [5.74, 6) is 2.49. The molecular formula is C81H84F12N3Ni2OP6+3. The van der Waals surface area contributed by atoms with Crippen LogP contribution in [0.25, 0.3) is 9.69 Å². The molecule has 105 heavy (non-hydrogen) atoms. The van der Waals surface area contributed by atoms with Crippen molar-refractivity contribution >= 4 is 114 Å². The monoisotopic (exact) mass is 1640 g/mol. The van der Waals surface area contributed by atoms with Gasteiger partial charge in [0.2, 0.25) is 0 Å². The number of para-hydroxylation sites is 3. The summed E-state index contributed by atoms with van der Waals surface area (Å²) in [6.07, 6.45) is 2.56. The zero-order valence-corrected chi connectivity index (χ0v) is 66.2. The minimum atomic E-state index is -10.7. The first kappa shape index (κ1) is 92.0. The van der Waals surface area contributed by atoms with Crippen LogP contribution in [-0.2, 0) is 37.7 Å². The smallest absolute Gasteiger partial charge is 0.459 e. The molecule has 0 amide bonds. The topological polar surface area (TPSA) is 30.3 Å². The SMILES string of the molecule is C1CCOC1.F[P-](F)(F)(F)(F)F.F[P-](F)(F)(F)(F)F.[C-]#[N+]c1c(C)cccc1C.[C-]#[N+]c1c(C)cccc1C.[CH-]=Nc1c(C)cccc1C.[Ni+2].[Ni].c1ccc([PH+](C[PH+](c2ccccc2)c2ccccc2)c2ccccc2)cc1.c1ccc([PH+](C[PH+](c2ccccc2)c2ccccc2)c2ccccc2)cc1. The van der Waals surface area contributed by atoms with Crippen LogP contribution in [0.3, 0.4) is 0 Å². The zero-order valence-electron chi connectivity index (χ0n) is 58.4. The number of halogens is 12. The number of ether oxygens (including phenoxy) is 1. The minimum absolute atomic E-state index is 0. The predicted octanol–water partition coefficient (Wildman–Crippen LogP) is 25.1. The van der Waals surface area contributed by atoms with Crippen molar-refractivity contribution in [2.45, 2.75) is 54.4 Å². The zero-order chi connectivity index (χ0) is 75.7. The van der Waals surface area contributed by atoms with Gasteiger partial charge in [0.1, 0.15) is 74.1 Å². The van der Waals surface area contributed by atoms with Gasteiger partial charge in [0, 0.05) is 29.7 Å². The van der Waals surface area contributed by atoms with Gasteiger partial charge in [-0.3, -0.25) is 0 Å². The van der Waals surface area contributed by atoms with E-state index in [9.17, 15) is 50.4 Å². The van der Waals surface area contributed by atoms with E-state index in [4.69, 9.17) is 24.6 Å². The first-order chi connectivity index (χ1) is 48.5. The van der Waals surface area contributed by atoms with Gasteiger partial charge >= 0.3 is 82.5 Å². The quantitative estimate of drug-likeness (QED) is 0.0372. The fraction of sp³-hybridized carbons (Fsp3) is 0.148. The molecule has 11 aromatic carbocycles. The van der Waals surface area contributed by atoms with Crippen LogP contribution in [-0.4, -0.2) is 31.7 Å². The van der Waals surface area contributed by atoms with Gasteiger partial charge in [-0.2, -0.15) is 6.72 Å². The molecule has 1 aliphatic rings. The third-order valence-electron chi connectivity index (χ3n) is 15.2. The van der Waals surface area contributed by atoms with Gasteiger partial charge in [0.05, 0.1) is 13.1 Å². The van der Waals surface area contributed by atoms with Crippen LogP contribution >= 0.6 is 47.3 Å². The van der Waals surface area contributed by atoms with Gasteiger partial charge < -0.3 is 9.73 Å². The Morgan fingerprint density at radius 2 is 0.476 bits per heavy atom. The Labute approximate surface area is 635 Å². The second-order valence-electron chi connectivity index (χ2n) is 23.5. The first-order valence-electron chi connectivity index (χ1n) is 32.4. The third-order valence-corrected chi connectivity index (χ3v) is 29.1. The number of rotatable bonds is 13. The van der Waals surface area contributed by atoms with E-state index in [1.54, 1.807) is 0 Å². The maximum atomic E-state index is 9.87. The molecule has 11 aromatic rings. The largest absolute Gasteiger partial charge is 2.00 e. The fourth-order valence-corrected chi connectivity index (χ4v) is 25.9. The van der Waals surface area contributed by atoms with Gasteiger partial charge in [0.15, 0.2) is 23.2 Å². The normalized spacial score (nSPS) is 12.5. The standard InChI is InChI=1S/2C25H22P2.C9H10N.2C9H9N.C4H8O.2F6P.2Ni/c2*1-5-13-22(14-6-1)26(23-15-7-2-8-16-23)21-27(24-17-9-3-10-18-24)25-19-11-4-12-20-25;3*1-7-5-4-6-8(2)9(7)10-3;1-2-4-5-3-1;2*1-7(2,3,4,5)6;;/h2*1-20H,21H2;3-6H,1-2H3;2*4-6H,1-2H3;1-4H2;;;;/q;;-1;;;;2*-1;;+2/p+4. The molecule has 0 aliphatic carbocycles. The molecule has 24 heteroatoms. The first-order valence-corrected chi connectivity index (χ1v) is 43.3. The maximum Gasteiger partial charge on any atom is 2.00 e. The Hall–Kier alpha value is -7.24. The van der Waals surface area contributed by atoms with Crippen LogP contribution in [0.5, 0.6) is 0 Å². The summed E-state index contributed by atoms with van der Waals surface area (Å²) in [6.45, 7) is 32.7. The van der Waals surface area contributed by atoms with Gasteiger partial charge in [-0.05, 0) is 160 Å². The van der Waals surface area contributed by atoms with Crippen LogP contribution in [0.15, 0.2) is 302 Å². The number of aliphatic imine (C=N–C) groups is 1. The van der Waals surface area contributed by atoms with Crippen molar-refractivity contribution in [1.82, 2.24) is 0 Å². The van der Waals surface area contributed by atoms with Crippen molar-refractivity contribution in [3.05, 3.63) is 353 Å². The van der Waals surface area contributed by atoms with Crippen molar-refractivity contribution < 1.29 is 88.1 Å². The molecule has 0 bridgehead atoms. The summed E-state index contributed by atoms with van der Waals surface area (Å²) < 4.78 is 123. The molecule has 0 radical (unpaired) electrons. The van der Waals surface area contributed by atoms with Crippen LogP contribution in [0.4, 0.5) is 67.4 Å². The van der Waals surface area contributed by atoms with E-state index in [1.807, 2.05) is 96.1 Å². The third kappa shape index (κ3) is 38.7. The average Bonchev–Trinajstić information content (AvgIpc) is 0.881. The van der Waals surface area contributed by atoms with Crippen LogP contribution < -0.4 is 42.4 Å². The van der Waals surface area contributed by atoms with E-state index in [0.29, 0.717) is 0 Å². The fourth-order valence-electron chi connectivity index (χ4n) is 10.4. The molecule has 1 heterocycles. The Balaban J connectivity index is 0.000000336. The second-order valence-corrected chi connectivity index (χ2v) is 38.6. The molecular weight excluding hydrogens is 1560 g/mol. The number of aryl methyl sites for hydroxylation is 6. The minimum Gasteiger partial charge on any atom is -0.459 e. The molecule has 4 nitrogen and oxygen atoms in total. The van der Waals surface area contributed by atoms with Crippen molar-refractivity contribution in [3.63, 3.8) is 0 Å². The van der Waals surface area contributed by atoms with Crippen LogP contribution in [0.2, 0.25) is 0 Å². The Morgan fingerprint density at radius 1 is 0.314 bits per heavy atom. The molecule has 1 fully saturated rings. The number of hydrogen-bond acceptors (Lipinski definition) is 2. The molecule has 0 atom stereocenters. The molecule has 0 spiro atoms. The van der Waals surface area contributed by atoms with Crippen molar-refractivity contribution in [2.75, 3.05) is 25.0 Å². The van der Waals surface area contributed by atoms with Crippen molar-refractivity contribution in [2.24, 2.45) is 4.99 Å². The molecule has 0 aromatic heterocycles. The molecule has 1 aliphatic heterocycles. The molecule has 560 valence electrons. The average molecular weight is 1650 g/mol. The van der Waals surface area contributed by atoms with E-state index >= 15 is 0 Å². The molecule has 0 unspecified atom stereocenters. The number of hydrogen-bond donors (Lipinski definition) is 0. The summed E-state index contributed by atoms with van der Waals surface area (Å²) in [7, 11) is -24.7. The maximum absolute atomic E-state index is 10.7. The van der Waals surface area contributed by atoms with Gasteiger partial charge in [-0.15, -0.1) is 11.1 Å². The van der Waals surface area contributed by atoms with E-state index in [1.165, 1.54) is 67.1 Å². The summed E-state index contributed by atoms with van der Waals surface area (Å²) in [4.78, 5) is 10.5. The second kappa shape index (κ2) is 42.3.